The minimum Gasteiger partial charge on any atom is -0.469 e. The number of esters is 1. The molecule has 0 radical (unpaired) electrons. The van der Waals surface area contributed by atoms with Crippen LogP contribution in [-0.2, 0) is 16.1 Å². The summed E-state index contributed by atoms with van der Waals surface area (Å²) < 4.78 is 4.81. The molecule has 0 saturated carbocycles. The molecule has 3 N–H and O–H groups in total. The van der Waals surface area contributed by atoms with Crippen LogP contribution < -0.4 is 11.1 Å². The SMILES string of the molecule is CN=C(NCc1cccc(C(N)=O)c1)N1CCC(C(=O)OC)CC1. The molecular weight excluding hydrogens is 308 g/mol. The summed E-state index contributed by atoms with van der Waals surface area (Å²) in [6.07, 6.45) is 1.51. The van der Waals surface area contributed by atoms with Crippen molar-refractivity contribution in [2.45, 2.75) is 19.4 Å². The van der Waals surface area contributed by atoms with E-state index in [1.54, 1.807) is 19.2 Å². The average molecular weight is 332 g/mol. The van der Waals surface area contributed by atoms with Gasteiger partial charge in [-0.2, -0.15) is 0 Å². The van der Waals surface area contributed by atoms with Crippen molar-refractivity contribution in [2.75, 3.05) is 27.2 Å². The summed E-state index contributed by atoms with van der Waals surface area (Å²) in [5, 5.41) is 3.29. The van der Waals surface area contributed by atoms with Crippen LogP contribution in [0.3, 0.4) is 0 Å². The minimum absolute atomic E-state index is 0.0309. The maximum atomic E-state index is 11.6. The highest BCUT2D eigenvalue weighted by atomic mass is 16.5. The predicted molar refractivity (Wildman–Crippen MR) is 91.5 cm³/mol. The largest absolute Gasteiger partial charge is 0.469 e. The molecule has 0 unspecified atom stereocenters. The Morgan fingerprint density at radius 2 is 2.08 bits per heavy atom. The number of guanidine groups is 1. The zero-order valence-electron chi connectivity index (χ0n) is 14.1. The Kier molecular flexibility index (Phi) is 6.17. The van der Waals surface area contributed by atoms with Crippen molar-refractivity contribution >= 4 is 17.8 Å². The van der Waals surface area contributed by atoms with Crippen LogP contribution in [0.2, 0.25) is 0 Å². The van der Waals surface area contributed by atoms with E-state index >= 15 is 0 Å². The van der Waals surface area contributed by atoms with Gasteiger partial charge in [0.1, 0.15) is 0 Å². The molecule has 1 fully saturated rings. The van der Waals surface area contributed by atoms with Gasteiger partial charge < -0.3 is 20.7 Å². The highest BCUT2D eigenvalue weighted by Gasteiger charge is 2.26. The predicted octanol–water partition coefficient (Wildman–Crippen LogP) is 0.746. The fourth-order valence-corrected chi connectivity index (χ4v) is 2.84. The number of hydrogen-bond acceptors (Lipinski definition) is 4. The lowest BCUT2D eigenvalue weighted by Crippen LogP contribution is -2.46. The lowest BCUT2D eigenvalue weighted by Gasteiger charge is -2.33. The number of likely N-dealkylation sites (tertiary alicyclic amines) is 1. The molecule has 1 aliphatic heterocycles. The number of nitrogens with two attached hydrogens (primary N) is 1. The topological polar surface area (TPSA) is 97.0 Å². The third-order valence-electron chi connectivity index (χ3n) is 4.20. The Morgan fingerprint density at radius 3 is 2.67 bits per heavy atom. The van der Waals surface area contributed by atoms with Crippen LogP contribution in [-0.4, -0.2) is 50.0 Å². The molecule has 0 aromatic heterocycles. The molecular formula is C17H24N4O3. The van der Waals surface area contributed by atoms with Crippen molar-refractivity contribution in [2.24, 2.45) is 16.6 Å². The molecule has 0 bridgehead atoms. The molecule has 1 aromatic carbocycles. The van der Waals surface area contributed by atoms with E-state index in [0.717, 1.165) is 37.5 Å². The number of methoxy groups -OCH3 is 1. The molecule has 1 heterocycles. The van der Waals surface area contributed by atoms with Gasteiger partial charge in [-0.25, -0.2) is 0 Å². The van der Waals surface area contributed by atoms with Gasteiger partial charge in [0.15, 0.2) is 5.96 Å². The lowest BCUT2D eigenvalue weighted by molar-refractivity contribution is -0.146. The van der Waals surface area contributed by atoms with Crippen LogP contribution in [0.15, 0.2) is 29.3 Å². The van der Waals surface area contributed by atoms with Crippen LogP contribution in [0.25, 0.3) is 0 Å². The number of hydrogen-bond donors (Lipinski definition) is 2. The molecule has 1 amide bonds. The molecule has 0 aliphatic carbocycles. The van der Waals surface area contributed by atoms with E-state index in [9.17, 15) is 9.59 Å². The minimum atomic E-state index is -0.439. The number of ether oxygens (including phenoxy) is 1. The fraction of sp³-hybridized carbons (Fsp3) is 0.471. The van der Waals surface area contributed by atoms with Gasteiger partial charge in [0.2, 0.25) is 5.91 Å². The van der Waals surface area contributed by atoms with Gasteiger partial charge >= 0.3 is 5.97 Å². The summed E-state index contributed by atoms with van der Waals surface area (Å²) in [7, 11) is 3.16. The summed E-state index contributed by atoms with van der Waals surface area (Å²) in [5.74, 6) is 0.173. The summed E-state index contributed by atoms with van der Waals surface area (Å²) in [4.78, 5) is 29.2. The van der Waals surface area contributed by atoms with Crippen molar-refractivity contribution < 1.29 is 14.3 Å². The number of nitrogens with zero attached hydrogens (tertiary/aromatic N) is 2. The summed E-state index contributed by atoms with van der Waals surface area (Å²) in [6, 6.07) is 7.20. The van der Waals surface area contributed by atoms with Gasteiger partial charge in [-0.3, -0.25) is 14.6 Å². The third kappa shape index (κ3) is 4.47. The van der Waals surface area contributed by atoms with Crippen LogP contribution in [0.5, 0.6) is 0 Å². The average Bonchev–Trinajstić information content (AvgIpc) is 2.62. The number of nitrogens with one attached hydrogen (secondary N) is 1. The molecule has 7 heteroatoms. The van der Waals surface area contributed by atoms with Crippen molar-refractivity contribution in [3.63, 3.8) is 0 Å². The molecule has 7 nitrogen and oxygen atoms in total. The first-order valence-corrected chi connectivity index (χ1v) is 7.97. The van der Waals surface area contributed by atoms with Crippen molar-refractivity contribution in [1.29, 1.82) is 0 Å². The van der Waals surface area contributed by atoms with E-state index in [1.165, 1.54) is 7.11 Å². The van der Waals surface area contributed by atoms with Crippen LogP contribution in [0.4, 0.5) is 0 Å². The molecule has 1 saturated heterocycles. The van der Waals surface area contributed by atoms with E-state index in [1.807, 2.05) is 12.1 Å². The monoisotopic (exact) mass is 332 g/mol. The quantitative estimate of drug-likeness (QED) is 0.482. The molecule has 0 atom stereocenters. The number of primary amides is 1. The van der Waals surface area contributed by atoms with E-state index in [0.29, 0.717) is 12.1 Å². The summed E-state index contributed by atoms with van der Waals surface area (Å²) >= 11 is 0. The van der Waals surface area contributed by atoms with Crippen molar-refractivity contribution in [1.82, 2.24) is 10.2 Å². The molecule has 2 rings (SSSR count). The Morgan fingerprint density at radius 1 is 1.38 bits per heavy atom. The normalized spacial score (nSPS) is 15.9. The maximum Gasteiger partial charge on any atom is 0.308 e. The van der Waals surface area contributed by atoms with Crippen molar-refractivity contribution in [3.05, 3.63) is 35.4 Å². The Labute approximate surface area is 141 Å². The van der Waals surface area contributed by atoms with Crippen LogP contribution in [0.1, 0.15) is 28.8 Å². The molecule has 1 aliphatic rings. The van der Waals surface area contributed by atoms with E-state index in [4.69, 9.17) is 10.5 Å². The zero-order valence-corrected chi connectivity index (χ0v) is 14.1. The first kappa shape index (κ1) is 17.8. The Bertz CT molecular complexity index is 622. The summed E-state index contributed by atoms with van der Waals surface area (Å²) in [5.41, 5.74) is 6.75. The van der Waals surface area contributed by atoms with Gasteiger partial charge in [-0.05, 0) is 30.5 Å². The first-order chi connectivity index (χ1) is 11.5. The molecule has 130 valence electrons. The number of amides is 1. The van der Waals surface area contributed by atoms with Gasteiger partial charge in [-0.1, -0.05) is 12.1 Å². The smallest absolute Gasteiger partial charge is 0.308 e. The molecule has 1 aromatic rings. The number of benzene rings is 1. The number of piperidine rings is 1. The number of aliphatic imine (C=N–C) groups is 1. The van der Waals surface area contributed by atoms with E-state index in [-0.39, 0.29) is 11.9 Å². The standard InChI is InChI=1S/C17H24N4O3/c1-19-17(21-8-6-13(7-9-21)16(23)24-2)20-11-12-4-3-5-14(10-12)15(18)22/h3-5,10,13H,6-9,11H2,1-2H3,(H2,18,22)(H,19,20). The Hall–Kier alpha value is -2.57. The Balaban J connectivity index is 1.91. The van der Waals surface area contributed by atoms with Gasteiger partial charge in [0, 0.05) is 32.2 Å². The second kappa shape index (κ2) is 8.33. The number of carbonyl (C=O) groups is 2. The highest BCUT2D eigenvalue weighted by Crippen LogP contribution is 2.18. The lowest BCUT2D eigenvalue weighted by atomic mass is 9.97. The van der Waals surface area contributed by atoms with Crippen molar-refractivity contribution in [3.8, 4) is 0 Å². The third-order valence-corrected chi connectivity index (χ3v) is 4.20. The van der Waals surface area contributed by atoms with Crippen LogP contribution in [0, 0.1) is 5.92 Å². The zero-order chi connectivity index (χ0) is 17.5. The second-order valence-electron chi connectivity index (χ2n) is 5.75. The van der Waals surface area contributed by atoms with Gasteiger partial charge in [0.25, 0.3) is 0 Å². The number of rotatable bonds is 4. The second-order valence-corrected chi connectivity index (χ2v) is 5.75. The molecule has 24 heavy (non-hydrogen) atoms. The summed E-state index contributed by atoms with van der Waals surface area (Å²) in [6.45, 7) is 2.05. The fourth-order valence-electron chi connectivity index (χ4n) is 2.84. The number of carbonyl (C=O) groups excluding carboxylic acids is 2. The maximum absolute atomic E-state index is 11.6. The first-order valence-electron chi connectivity index (χ1n) is 7.97. The van der Waals surface area contributed by atoms with Crippen LogP contribution >= 0.6 is 0 Å². The van der Waals surface area contributed by atoms with E-state index in [2.05, 4.69) is 15.2 Å². The van der Waals surface area contributed by atoms with Gasteiger partial charge in [-0.15, -0.1) is 0 Å². The highest BCUT2D eigenvalue weighted by molar-refractivity contribution is 5.92. The van der Waals surface area contributed by atoms with E-state index < -0.39 is 5.91 Å². The van der Waals surface area contributed by atoms with Gasteiger partial charge in [0.05, 0.1) is 13.0 Å². The molecule has 0 spiro atoms.